The molecule has 0 spiro atoms. The van der Waals surface area contributed by atoms with Gasteiger partial charge in [-0.3, -0.25) is 0 Å². The summed E-state index contributed by atoms with van der Waals surface area (Å²) >= 11 is 9.53. The third-order valence-electron chi connectivity index (χ3n) is 8.64. The van der Waals surface area contributed by atoms with E-state index in [1.165, 1.54) is 73.7 Å². The van der Waals surface area contributed by atoms with Crippen molar-refractivity contribution in [2.24, 2.45) is 0 Å². The third kappa shape index (κ3) is 6.06. The van der Waals surface area contributed by atoms with Crippen LogP contribution in [0.1, 0.15) is 12.5 Å². The summed E-state index contributed by atoms with van der Waals surface area (Å²) in [7, 11) is -4.23. The first-order valence-electron chi connectivity index (χ1n) is 15.2. The highest BCUT2D eigenvalue weighted by atomic mass is 35.5. The summed E-state index contributed by atoms with van der Waals surface area (Å²) in [6, 6.07) is 22.8. The maximum Gasteiger partial charge on any atom is 0.250 e. The van der Waals surface area contributed by atoms with Crippen molar-refractivity contribution >= 4 is 69.8 Å². The molecule has 0 saturated heterocycles. The van der Waals surface area contributed by atoms with Crippen LogP contribution in [-0.2, 0) is 0 Å². The van der Waals surface area contributed by atoms with E-state index in [1.54, 1.807) is 30.3 Å². The normalized spacial score (nSPS) is 16.4. The van der Waals surface area contributed by atoms with Gasteiger partial charge in [0, 0.05) is 0 Å². The van der Waals surface area contributed by atoms with Gasteiger partial charge in [0.1, 0.15) is 40.6 Å². The molecule has 0 fully saturated rings. The van der Waals surface area contributed by atoms with Crippen molar-refractivity contribution in [3.63, 3.8) is 0 Å². The van der Waals surface area contributed by atoms with Crippen LogP contribution in [0.25, 0.3) is 6.08 Å². The van der Waals surface area contributed by atoms with Crippen molar-refractivity contribution in [1.82, 2.24) is 0 Å². The summed E-state index contributed by atoms with van der Waals surface area (Å²) in [5, 5.41) is -1.03. The van der Waals surface area contributed by atoms with E-state index in [0.29, 0.717) is 5.56 Å². The van der Waals surface area contributed by atoms with Gasteiger partial charge in [-0.25, -0.2) is 35.1 Å². The number of halogens is 12. The lowest BCUT2D eigenvalue weighted by molar-refractivity contribution is 0.383. The standard InChI is InChI=1S/C37H22BF10P.CH2Cl2/c1-20(2)36-24(19-18-21-12-6-3-7-13-21)38(48,25-27(39)30(42)33(45)31(43)28(25)40)26-29(41)32(44)34(46)35(47)37(26)49(36,22-14-8-4-9-15-22)23-16-10-5-11-17-23;2-1-3/h3-19H,1H2,2H3;1H2/b19-18-;/t38-;/m0./s1. The summed E-state index contributed by atoms with van der Waals surface area (Å²) in [6.45, 7) is 5.27. The van der Waals surface area contributed by atoms with Gasteiger partial charge in [-0.05, 0) is 42.3 Å². The van der Waals surface area contributed by atoms with Crippen molar-refractivity contribution in [3.05, 3.63) is 178 Å². The van der Waals surface area contributed by atoms with Gasteiger partial charge in [0.25, 0.3) is 6.42 Å². The van der Waals surface area contributed by atoms with Gasteiger partial charge < -0.3 is 4.32 Å². The fourth-order valence-corrected chi connectivity index (χ4v) is 11.7. The fourth-order valence-electron chi connectivity index (χ4n) is 6.71. The number of allylic oxidation sites excluding steroid dienone is 4. The van der Waals surface area contributed by atoms with Crippen LogP contribution in [0, 0.1) is 52.4 Å². The highest BCUT2D eigenvalue weighted by Gasteiger charge is 2.62. The number of hydrogen-bond donors (Lipinski definition) is 0. The molecule has 0 unspecified atom stereocenters. The highest BCUT2D eigenvalue weighted by molar-refractivity contribution is 8.00. The van der Waals surface area contributed by atoms with Crippen molar-refractivity contribution < 1.29 is 43.8 Å². The Hall–Kier alpha value is -4.31. The van der Waals surface area contributed by atoms with E-state index in [0.717, 1.165) is 6.08 Å². The lowest BCUT2D eigenvalue weighted by atomic mass is 9.29. The minimum atomic E-state index is -5.40. The Labute approximate surface area is 303 Å². The summed E-state index contributed by atoms with van der Waals surface area (Å²) in [5.41, 5.74) is -4.54. The first kappa shape index (κ1) is 38.9. The minimum absolute atomic E-state index is 0.100. The lowest BCUT2D eigenvalue weighted by Gasteiger charge is -2.47. The Kier molecular flexibility index (Phi) is 11.5. The first-order chi connectivity index (χ1) is 24.7. The van der Waals surface area contributed by atoms with Crippen molar-refractivity contribution in [2.45, 2.75) is 6.92 Å². The monoisotopic (exact) mass is 782 g/mol. The maximum atomic E-state index is 18.7. The van der Waals surface area contributed by atoms with Gasteiger partial charge >= 0.3 is 0 Å². The average Bonchev–Trinajstić information content (AvgIpc) is 3.15. The lowest BCUT2D eigenvalue weighted by Crippen LogP contribution is -2.69. The quantitative estimate of drug-likeness (QED) is 0.0402. The molecule has 0 amide bonds. The van der Waals surface area contributed by atoms with E-state index in [1.807, 2.05) is 0 Å². The van der Waals surface area contributed by atoms with Gasteiger partial charge in [0.05, 0.1) is 10.7 Å². The predicted molar refractivity (Wildman–Crippen MR) is 191 cm³/mol. The zero-order valence-electron chi connectivity index (χ0n) is 26.8. The molecule has 0 aliphatic carbocycles. The Balaban J connectivity index is 0.00000168. The van der Waals surface area contributed by atoms with Crippen molar-refractivity contribution in [3.8, 4) is 0 Å². The Morgan fingerprint density at radius 1 is 0.577 bits per heavy atom. The molecule has 14 heteroatoms. The molecular formula is C38H24BCl2F10P. The van der Waals surface area contributed by atoms with E-state index < -0.39 is 87.7 Å². The topological polar surface area (TPSA) is 0 Å². The van der Waals surface area contributed by atoms with Crippen LogP contribution in [-0.4, -0.2) is 11.8 Å². The third-order valence-corrected chi connectivity index (χ3v) is 13.2. The molecule has 1 heterocycles. The second kappa shape index (κ2) is 15.4. The Morgan fingerprint density at radius 2 is 0.942 bits per heavy atom. The number of alkyl halides is 2. The molecule has 0 bridgehead atoms. The smallest absolute Gasteiger partial charge is 0.250 e. The van der Waals surface area contributed by atoms with Crippen LogP contribution >= 0.6 is 30.5 Å². The van der Waals surface area contributed by atoms with Crippen LogP contribution in [0.2, 0.25) is 0 Å². The molecular weight excluding hydrogens is 759 g/mol. The molecule has 1 atom stereocenters. The number of hydrogen-bond acceptors (Lipinski definition) is 0. The average molecular weight is 783 g/mol. The summed E-state index contributed by atoms with van der Waals surface area (Å²) in [5.74, 6) is -22.6. The molecule has 52 heavy (non-hydrogen) atoms. The van der Waals surface area contributed by atoms with Gasteiger partial charge in [-0.2, -0.15) is 4.39 Å². The predicted octanol–water partition coefficient (Wildman–Crippen LogP) is 9.78. The van der Waals surface area contributed by atoms with Gasteiger partial charge in [0.15, 0.2) is 23.3 Å². The fraction of sp³-hybridized carbons (Fsp3) is 0.0526. The van der Waals surface area contributed by atoms with E-state index in [9.17, 15) is 13.2 Å². The largest absolute Gasteiger partial charge is 0.498 e. The van der Waals surface area contributed by atoms with Crippen LogP contribution in [0.3, 0.4) is 0 Å². The van der Waals surface area contributed by atoms with Crippen molar-refractivity contribution in [2.75, 3.05) is 5.34 Å². The van der Waals surface area contributed by atoms with Crippen LogP contribution in [0.4, 0.5) is 43.8 Å². The minimum Gasteiger partial charge on any atom is -0.498 e. The molecule has 0 N–H and O–H groups in total. The van der Waals surface area contributed by atoms with E-state index >= 15 is 30.7 Å². The van der Waals surface area contributed by atoms with Crippen molar-refractivity contribution in [1.29, 1.82) is 0 Å². The molecule has 6 rings (SSSR count). The summed E-state index contributed by atoms with van der Waals surface area (Å²) in [4.78, 5) is 0. The molecule has 268 valence electrons. The Bertz CT molecular complexity index is 2160. The SMILES string of the molecule is C=C(C)C1=C(/C=C\c2ccccc2)[B@-](F)(c2c(F)c(F)c(F)c(F)c2F)c2c(F)c(F)c(F)c(F)c2[P+]1(c1ccccc1)c1ccccc1.ClCCl. The number of benzene rings is 5. The zero-order valence-corrected chi connectivity index (χ0v) is 29.2. The van der Waals surface area contributed by atoms with Gasteiger partial charge in [0.2, 0.25) is 11.6 Å². The molecule has 5 aromatic rings. The summed E-state index contributed by atoms with van der Waals surface area (Å²) in [6.07, 6.45) is -3.23. The molecule has 0 saturated carbocycles. The van der Waals surface area contributed by atoms with Crippen LogP contribution in [0.5, 0.6) is 0 Å². The van der Waals surface area contributed by atoms with E-state index in [2.05, 4.69) is 6.58 Å². The van der Waals surface area contributed by atoms with E-state index in [4.69, 9.17) is 23.2 Å². The van der Waals surface area contributed by atoms with Crippen LogP contribution in [0.15, 0.2) is 120 Å². The second-order valence-corrected chi connectivity index (χ2v) is 15.6. The molecule has 1 aliphatic heterocycles. The molecule has 0 nitrogen and oxygen atoms in total. The maximum absolute atomic E-state index is 18.7. The highest BCUT2D eigenvalue weighted by Crippen LogP contribution is 2.68. The molecule has 1 aliphatic rings. The molecule has 0 aromatic heterocycles. The summed E-state index contributed by atoms with van der Waals surface area (Å²) < 4.78 is 159. The molecule has 0 radical (unpaired) electrons. The number of fused-ring (bicyclic) bond motifs is 1. The van der Waals surface area contributed by atoms with Gasteiger partial charge in [-0.1, -0.05) is 96.4 Å². The first-order valence-corrected chi connectivity index (χ1v) is 18.1. The second-order valence-electron chi connectivity index (χ2n) is 11.5. The molecule has 5 aromatic carbocycles. The Morgan fingerprint density at radius 3 is 1.37 bits per heavy atom. The van der Waals surface area contributed by atoms with Gasteiger partial charge in [-0.15, -0.1) is 28.7 Å². The van der Waals surface area contributed by atoms with Crippen LogP contribution < -0.4 is 26.8 Å². The van der Waals surface area contributed by atoms with E-state index in [-0.39, 0.29) is 26.8 Å². The zero-order chi connectivity index (χ0) is 38.1. The number of rotatable bonds is 6.